The second-order valence-corrected chi connectivity index (χ2v) is 6.02. The van der Waals surface area contributed by atoms with Crippen molar-refractivity contribution in [2.24, 2.45) is 0 Å². The van der Waals surface area contributed by atoms with Crippen molar-refractivity contribution in [1.82, 2.24) is 0 Å². The van der Waals surface area contributed by atoms with E-state index in [1.54, 1.807) is 6.92 Å². The van der Waals surface area contributed by atoms with Crippen molar-refractivity contribution in [1.29, 1.82) is 0 Å². The lowest BCUT2D eigenvalue weighted by molar-refractivity contribution is -0.0992. The van der Waals surface area contributed by atoms with Gasteiger partial charge in [-0.05, 0) is 39.8 Å². The van der Waals surface area contributed by atoms with Gasteiger partial charge >= 0.3 is 9.05 Å². The third-order valence-corrected chi connectivity index (χ3v) is 4.87. The minimum absolute atomic E-state index is 0.463. The average Bonchev–Trinajstić information content (AvgIpc) is 2.40. The lowest BCUT2D eigenvalue weighted by Gasteiger charge is -2.29. The van der Waals surface area contributed by atoms with Crippen molar-refractivity contribution in [3.8, 4) is 5.75 Å². The van der Waals surface area contributed by atoms with E-state index in [1.165, 1.54) is 0 Å². The monoisotopic (exact) mass is 300 g/mol. The topological polar surface area (TPSA) is 46.2 Å². The molecule has 20 heavy (non-hydrogen) atoms. The van der Waals surface area contributed by atoms with Crippen LogP contribution in [0.1, 0.15) is 27.7 Å². The normalized spacial score (nSPS) is 13.2. The zero-order valence-electron chi connectivity index (χ0n) is 12.6. The van der Waals surface area contributed by atoms with Crippen molar-refractivity contribution in [3.05, 3.63) is 30.3 Å². The Bertz CT molecular complexity index is 343. The Morgan fingerprint density at radius 3 is 1.85 bits per heavy atom. The first-order chi connectivity index (χ1) is 9.65. The first kappa shape index (κ1) is 17.1. The molecule has 0 aliphatic heterocycles. The van der Waals surface area contributed by atoms with E-state index < -0.39 is 15.3 Å². The summed E-state index contributed by atoms with van der Waals surface area (Å²) in [5.74, 6) is 0.729. The Morgan fingerprint density at radius 2 is 1.40 bits per heavy atom. The van der Waals surface area contributed by atoms with Crippen LogP contribution in [-0.2, 0) is 17.7 Å². The lowest BCUT2D eigenvalue weighted by atomic mass is 10.3. The van der Waals surface area contributed by atoms with E-state index in [2.05, 4.69) is 0 Å². The van der Waals surface area contributed by atoms with Gasteiger partial charge in [0.2, 0.25) is 0 Å². The molecule has 0 aliphatic carbocycles. The van der Waals surface area contributed by atoms with E-state index >= 15 is 0 Å². The van der Waals surface area contributed by atoms with Crippen molar-refractivity contribution in [3.63, 3.8) is 0 Å². The minimum atomic E-state index is -3.14. The van der Waals surface area contributed by atoms with Gasteiger partial charge in [-0.3, -0.25) is 0 Å². The second kappa shape index (κ2) is 9.09. The van der Waals surface area contributed by atoms with Crippen molar-refractivity contribution < 1.29 is 22.4 Å². The van der Waals surface area contributed by atoms with Crippen LogP contribution in [0.5, 0.6) is 5.75 Å². The second-order valence-electron chi connectivity index (χ2n) is 3.92. The van der Waals surface area contributed by atoms with Gasteiger partial charge in [-0.25, -0.2) is 0 Å². The highest BCUT2D eigenvalue weighted by Gasteiger charge is 2.47. The summed E-state index contributed by atoms with van der Waals surface area (Å²) in [7, 11) is -3.14. The van der Waals surface area contributed by atoms with Gasteiger partial charge in [0, 0.05) is 19.8 Å². The third kappa shape index (κ3) is 5.60. The molecule has 0 heterocycles. The van der Waals surface area contributed by atoms with Crippen LogP contribution in [0, 0.1) is 0 Å². The van der Waals surface area contributed by atoms with Gasteiger partial charge in [-0.1, -0.05) is 18.2 Å². The Labute approximate surface area is 122 Å². The molecule has 0 aromatic heterocycles. The molecule has 0 saturated carbocycles. The Kier molecular flexibility index (Phi) is 7.79. The molecule has 0 spiro atoms. The van der Waals surface area contributed by atoms with E-state index in [-0.39, 0.29) is 0 Å². The molecule has 0 N–H and O–H groups in total. The van der Waals surface area contributed by atoms with E-state index in [1.807, 2.05) is 51.1 Å². The van der Waals surface area contributed by atoms with Crippen molar-refractivity contribution >= 4 is 9.05 Å². The average molecular weight is 300 g/mol. The summed E-state index contributed by atoms with van der Waals surface area (Å²) in [6.07, 6.45) is -0.520. The van der Waals surface area contributed by atoms with Crippen LogP contribution >= 0.6 is 0 Å². The quantitative estimate of drug-likeness (QED) is 0.491. The predicted octanol–water partition coefficient (Wildman–Crippen LogP) is 2.97. The molecule has 114 valence electrons. The van der Waals surface area contributed by atoms with Gasteiger partial charge in [0.15, 0.2) is 6.29 Å². The molecule has 1 aromatic rings. The maximum absolute atomic E-state index is 5.81. The van der Waals surface area contributed by atoms with Crippen LogP contribution in [0.25, 0.3) is 0 Å². The molecule has 0 radical (unpaired) electrons. The zero-order chi connectivity index (χ0) is 14.8. The molecule has 0 bridgehead atoms. The summed E-state index contributed by atoms with van der Waals surface area (Å²) in [5.41, 5.74) is 0. The number of benzene rings is 1. The predicted molar refractivity (Wildman–Crippen MR) is 78.2 cm³/mol. The zero-order valence-corrected chi connectivity index (χ0v) is 13.6. The first-order valence-corrected chi connectivity index (χ1v) is 8.60. The number of rotatable bonds is 10. The number of hydrogen-bond acceptors (Lipinski definition) is 5. The molecule has 0 saturated heterocycles. The van der Waals surface area contributed by atoms with Crippen molar-refractivity contribution in [2.75, 3.05) is 19.8 Å². The van der Waals surface area contributed by atoms with Crippen LogP contribution in [0.2, 0.25) is 0 Å². The van der Waals surface area contributed by atoms with Gasteiger partial charge in [-0.2, -0.15) is 0 Å². The Morgan fingerprint density at radius 1 is 0.900 bits per heavy atom. The lowest BCUT2D eigenvalue weighted by Crippen LogP contribution is -2.52. The third-order valence-electron chi connectivity index (χ3n) is 2.32. The first-order valence-electron chi connectivity index (χ1n) is 6.97. The van der Waals surface area contributed by atoms with Crippen LogP contribution in [-0.4, -0.2) is 35.2 Å². The fourth-order valence-corrected chi connectivity index (χ4v) is 3.64. The SMILES string of the molecule is CCO[Si](OCC)(OCC)OC(C)Oc1ccccc1. The summed E-state index contributed by atoms with van der Waals surface area (Å²) in [6.45, 7) is 8.83. The van der Waals surface area contributed by atoms with Crippen molar-refractivity contribution in [2.45, 2.75) is 34.0 Å². The molecule has 6 heteroatoms. The summed E-state index contributed by atoms with van der Waals surface area (Å²) in [6, 6.07) is 9.47. The van der Waals surface area contributed by atoms with Crippen LogP contribution < -0.4 is 4.74 Å². The van der Waals surface area contributed by atoms with Gasteiger partial charge in [0.05, 0.1) is 0 Å². The molecule has 0 amide bonds. The van der Waals surface area contributed by atoms with E-state index in [9.17, 15) is 0 Å². The molecule has 1 aromatic carbocycles. The summed E-state index contributed by atoms with van der Waals surface area (Å²) in [4.78, 5) is 0. The van der Waals surface area contributed by atoms with Gasteiger partial charge < -0.3 is 22.4 Å². The highest BCUT2D eigenvalue weighted by Crippen LogP contribution is 2.18. The van der Waals surface area contributed by atoms with Gasteiger partial charge in [0.25, 0.3) is 0 Å². The maximum atomic E-state index is 5.81. The standard InChI is InChI=1S/C14H24O5Si/c1-5-15-20(16-6-2,17-7-3)19-13(4)18-14-11-9-8-10-12-14/h8-13H,5-7H2,1-4H3. The Balaban J connectivity index is 2.67. The summed E-state index contributed by atoms with van der Waals surface area (Å²) in [5, 5.41) is 0. The van der Waals surface area contributed by atoms with E-state index in [0.29, 0.717) is 19.8 Å². The summed E-state index contributed by atoms with van der Waals surface area (Å²) >= 11 is 0. The fourth-order valence-electron chi connectivity index (χ4n) is 1.68. The molecular formula is C14H24O5Si. The largest absolute Gasteiger partial charge is 0.682 e. The highest BCUT2D eigenvalue weighted by molar-refractivity contribution is 6.53. The fraction of sp³-hybridized carbons (Fsp3) is 0.571. The van der Waals surface area contributed by atoms with Crippen LogP contribution in [0.3, 0.4) is 0 Å². The summed E-state index contributed by atoms with van der Waals surface area (Å²) < 4.78 is 28.3. The molecule has 1 atom stereocenters. The van der Waals surface area contributed by atoms with Gasteiger partial charge in [-0.15, -0.1) is 0 Å². The highest BCUT2D eigenvalue weighted by atomic mass is 28.4. The number of ether oxygens (including phenoxy) is 1. The molecule has 1 unspecified atom stereocenters. The molecule has 5 nitrogen and oxygen atoms in total. The molecular weight excluding hydrogens is 276 g/mol. The minimum Gasteiger partial charge on any atom is -0.466 e. The number of para-hydroxylation sites is 1. The van der Waals surface area contributed by atoms with Gasteiger partial charge in [0.1, 0.15) is 5.75 Å². The van der Waals surface area contributed by atoms with E-state index in [4.69, 9.17) is 22.4 Å². The Hall–Kier alpha value is -0.923. The maximum Gasteiger partial charge on any atom is 0.682 e. The number of hydrogen-bond donors (Lipinski definition) is 0. The molecule has 0 aliphatic rings. The van der Waals surface area contributed by atoms with Crippen LogP contribution in [0.4, 0.5) is 0 Å². The van der Waals surface area contributed by atoms with Crippen LogP contribution in [0.15, 0.2) is 30.3 Å². The van der Waals surface area contributed by atoms with E-state index in [0.717, 1.165) is 5.75 Å². The molecule has 0 fully saturated rings. The smallest absolute Gasteiger partial charge is 0.466 e. The molecule has 1 rings (SSSR count).